The molecule has 2 unspecified atom stereocenters. The zero-order valence-corrected chi connectivity index (χ0v) is 11.6. The van der Waals surface area contributed by atoms with E-state index in [-0.39, 0.29) is 18.1 Å². The van der Waals surface area contributed by atoms with Gasteiger partial charge < -0.3 is 15.7 Å². The number of urea groups is 1. The molecule has 0 bridgehead atoms. The minimum Gasteiger partial charge on any atom is -0.481 e. The maximum atomic E-state index is 11.8. The van der Waals surface area contributed by atoms with E-state index in [2.05, 4.69) is 10.6 Å². The number of rotatable bonds is 3. The fourth-order valence-electron chi connectivity index (χ4n) is 2.76. The van der Waals surface area contributed by atoms with Gasteiger partial charge in [0, 0.05) is 34.4 Å². The fourth-order valence-corrected chi connectivity index (χ4v) is 4.06. The summed E-state index contributed by atoms with van der Waals surface area (Å²) >= 11 is 0. The molecule has 1 saturated heterocycles. The number of carboxylic acids is 1. The van der Waals surface area contributed by atoms with Crippen LogP contribution in [0.1, 0.15) is 32.1 Å². The predicted octanol–water partition coefficient (Wildman–Crippen LogP) is 0.450. The second kappa shape index (κ2) is 6.36. The Morgan fingerprint density at radius 3 is 2.37 bits per heavy atom. The van der Waals surface area contributed by atoms with Gasteiger partial charge in [-0.25, -0.2) is 4.79 Å². The lowest BCUT2D eigenvalue weighted by Crippen LogP contribution is -2.49. The van der Waals surface area contributed by atoms with Crippen molar-refractivity contribution in [1.82, 2.24) is 10.6 Å². The highest BCUT2D eigenvalue weighted by Crippen LogP contribution is 2.25. The third kappa shape index (κ3) is 3.92. The second-order valence-corrected chi connectivity index (χ2v) is 6.92. The van der Waals surface area contributed by atoms with E-state index in [1.165, 1.54) is 0 Å². The monoisotopic (exact) mass is 288 g/mol. The molecule has 1 heterocycles. The molecule has 1 aliphatic carbocycles. The van der Waals surface area contributed by atoms with Gasteiger partial charge in [-0.05, 0) is 25.7 Å². The highest BCUT2D eigenvalue weighted by atomic mass is 32.2. The summed E-state index contributed by atoms with van der Waals surface area (Å²) in [6, 6.07) is -0.506. The molecule has 2 amide bonds. The molecular formula is C12H20N2O4S. The van der Waals surface area contributed by atoms with Crippen molar-refractivity contribution in [3.05, 3.63) is 0 Å². The summed E-state index contributed by atoms with van der Waals surface area (Å²) in [6.07, 6.45) is 3.65. The van der Waals surface area contributed by atoms with Gasteiger partial charge in [0.25, 0.3) is 0 Å². The van der Waals surface area contributed by atoms with Crippen molar-refractivity contribution in [2.75, 3.05) is 11.5 Å². The minimum absolute atomic E-state index is 0.0578. The van der Waals surface area contributed by atoms with Crippen LogP contribution in [0.3, 0.4) is 0 Å². The lowest BCUT2D eigenvalue weighted by atomic mass is 10.0. The molecule has 0 aromatic carbocycles. The molecule has 108 valence electrons. The highest BCUT2D eigenvalue weighted by molar-refractivity contribution is 7.85. The van der Waals surface area contributed by atoms with Crippen molar-refractivity contribution in [1.29, 1.82) is 0 Å². The van der Waals surface area contributed by atoms with Crippen molar-refractivity contribution in [3.63, 3.8) is 0 Å². The average molecular weight is 288 g/mol. The molecule has 3 N–H and O–H groups in total. The quantitative estimate of drug-likeness (QED) is 0.702. The molecule has 1 aliphatic heterocycles. The Hall–Kier alpha value is -1.11. The fraction of sp³-hybridized carbons (Fsp3) is 0.833. The standard InChI is InChI=1S/C12H20N2O4S/c15-11(16)9-2-1-3-10(9)14-12(17)13-8-4-6-19(18)7-5-8/h8-10H,1-7H2,(H,15,16)(H2,13,14,17). The van der Waals surface area contributed by atoms with Crippen LogP contribution in [-0.4, -0.2) is 44.9 Å². The summed E-state index contributed by atoms with van der Waals surface area (Å²) in [6.45, 7) is 0. The molecule has 1 saturated carbocycles. The van der Waals surface area contributed by atoms with Gasteiger partial charge in [0.15, 0.2) is 0 Å². The van der Waals surface area contributed by atoms with Gasteiger partial charge in [-0.3, -0.25) is 9.00 Å². The van der Waals surface area contributed by atoms with Gasteiger partial charge >= 0.3 is 12.0 Å². The van der Waals surface area contributed by atoms with E-state index in [0.717, 1.165) is 25.7 Å². The summed E-state index contributed by atoms with van der Waals surface area (Å²) in [7, 11) is -0.741. The van der Waals surface area contributed by atoms with E-state index in [0.29, 0.717) is 17.9 Å². The van der Waals surface area contributed by atoms with E-state index >= 15 is 0 Å². The van der Waals surface area contributed by atoms with Crippen LogP contribution in [0, 0.1) is 5.92 Å². The first-order chi connectivity index (χ1) is 9.06. The molecule has 0 aromatic heterocycles. The Morgan fingerprint density at radius 2 is 1.74 bits per heavy atom. The van der Waals surface area contributed by atoms with Gasteiger partial charge in [0.1, 0.15) is 0 Å². The summed E-state index contributed by atoms with van der Waals surface area (Å²) in [5.41, 5.74) is 0. The summed E-state index contributed by atoms with van der Waals surface area (Å²) in [5.74, 6) is -0.0430. The number of carboxylic acid groups (broad SMARTS) is 1. The molecule has 6 nitrogen and oxygen atoms in total. The Kier molecular flexibility index (Phi) is 4.79. The molecule has 2 rings (SSSR count). The topological polar surface area (TPSA) is 95.5 Å². The molecule has 7 heteroatoms. The smallest absolute Gasteiger partial charge is 0.315 e. The lowest BCUT2D eigenvalue weighted by Gasteiger charge is -2.24. The third-order valence-electron chi connectivity index (χ3n) is 3.87. The number of aliphatic carboxylic acids is 1. The highest BCUT2D eigenvalue weighted by Gasteiger charge is 2.34. The first-order valence-electron chi connectivity index (χ1n) is 6.71. The first kappa shape index (κ1) is 14.3. The van der Waals surface area contributed by atoms with Crippen LogP contribution in [-0.2, 0) is 15.6 Å². The van der Waals surface area contributed by atoms with Gasteiger partial charge in [-0.1, -0.05) is 6.42 Å². The maximum absolute atomic E-state index is 11.8. The summed E-state index contributed by atoms with van der Waals surface area (Å²) in [5, 5.41) is 14.7. The second-order valence-electron chi connectivity index (χ2n) is 5.22. The van der Waals surface area contributed by atoms with Crippen LogP contribution < -0.4 is 10.6 Å². The van der Waals surface area contributed by atoms with Gasteiger partial charge in [-0.2, -0.15) is 0 Å². The number of nitrogens with one attached hydrogen (secondary N) is 2. The number of carbonyl (C=O) groups is 2. The van der Waals surface area contributed by atoms with Crippen molar-refractivity contribution in [2.24, 2.45) is 5.92 Å². The minimum atomic E-state index is -0.837. The maximum Gasteiger partial charge on any atom is 0.315 e. The lowest BCUT2D eigenvalue weighted by molar-refractivity contribution is -0.142. The largest absolute Gasteiger partial charge is 0.481 e. The number of carbonyl (C=O) groups excluding carboxylic acids is 1. The molecule has 0 radical (unpaired) electrons. The Labute approximate surface area is 114 Å². The van der Waals surface area contributed by atoms with E-state index < -0.39 is 22.7 Å². The molecule has 0 spiro atoms. The van der Waals surface area contributed by atoms with E-state index in [1.54, 1.807) is 0 Å². The van der Waals surface area contributed by atoms with Crippen LogP contribution in [0.2, 0.25) is 0 Å². The van der Waals surface area contributed by atoms with E-state index in [4.69, 9.17) is 5.11 Å². The van der Waals surface area contributed by atoms with Crippen LogP contribution in [0.5, 0.6) is 0 Å². The van der Waals surface area contributed by atoms with Crippen molar-refractivity contribution in [3.8, 4) is 0 Å². The first-order valence-corrected chi connectivity index (χ1v) is 8.20. The SMILES string of the molecule is O=C(NC1CCS(=O)CC1)NC1CCCC1C(=O)O. The molecule has 19 heavy (non-hydrogen) atoms. The van der Waals surface area contributed by atoms with Crippen molar-refractivity contribution < 1.29 is 18.9 Å². The Morgan fingerprint density at radius 1 is 1.05 bits per heavy atom. The zero-order chi connectivity index (χ0) is 13.8. The van der Waals surface area contributed by atoms with Gasteiger partial charge in [0.05, 0.1) is 5.92 Å². The van der Waals surface area contributed by atoms with Crippen LogP contribution in [0.15, 0.2) is 0 Å². The molecule has 2 fully saturated rings. The van der Waals surface area contributed by atoms with Gasteiger partial charge in [-0.15, -0.1) is 0 Å². The van der Waals surface area contributed by atoms with Crippen LogP contribution in [0.25, 0.3) is 0 Å². The predicted molar refractivity (Wildman–Crippen MR) is 71.3 cm³/mol. The zero-order valence-electron chi connectivity index (χ0n) is 10.8. The normalized spacial score (nSPS) is 34.7. The number of hydrogen-bond donors (Lipinski definition) is 3. The van der Waals surface area contributed by atoms with Crippen molar-refractivity contribution in [2.45, 2.75) is 44.2 Å². The summed E-state index contributed by atoms with van der Waals surface area (Å²) < 4.78 is 11.2. The van der Waals surface area contributed by atoms with Crippen LogP contribution in [0.4, 0.5) is 4.79 Å². The van der Waals surface area contributed by atoms with E-state index in [1.807, 2.05) is 0 Å². The van der Waals surface area contributed by atoms with Gasteiger partial charge in [0.2, 0.25) is 0 Å². The Bertz CT molecular complexity index is 378. The van der Waals surface area contributed by atoms with Crippen LogP contribution >= 0.6 is 0 Å². The molecule has 0 aromatic rings. The number of hydrogen-bond acceptors (Lipinski definition) is 3. The summed E-state index contributed by atoms with van der Waals surface area (Å²) in [4.78, 5) is 22.8. The molecule has 2 aliphatic rings. The number of amides is 2. The average Bonchev–Trinajstić information content (AvgIpc) is 2.80. The Balaban J connectivity index is 1.78. The molecule has 2 atom stereocenters. The van der Waals surface area contributed by atoms with Crippen molar-refractivity contribution >= 4 is 22.8 Å². The molecular weight excluding hydrogens is 268 g/mol. The third-order valence-corrected chi connectivity index (χ3v) is 5.25. The van der Waals surface area contributed by atoms with E-state index in [9.17, 15) is 13.8 Å².